The number of aliphatic hydroxyl groups excluding tert-OH is 1. The molecule has 1 aliphatic rings. The first-order chi connectivity index (χ1) is 16.5. The predicted octanol–water partition coefficient (Wildman–Crippen LogP) is 5.55. The Bertz CT molecular complexity index is 1360. The number of rotatable bonds is 4. The summed E-state index contributed by atoms with van der Waals surface area (Å²) in [6.45, 7) is 1.81. The summed E-state index contributed by atoms with van der Waals surface area (Å²) in [4.78, 5) is 37.4. The maximum atomic E-state index is 13.3. The van der Waals surface area contributed by atoms with E-state index in [1.54, 1.807) is 12.1 Å². The molecule has 1 N–H and O–H groups in total. The number of anilines is 1. The zero-order chi connectivity index (χ0) is 25.5. The fraction of sp³-hybridized carbons (Fsp3) is 0.120. The third-order valence-electron chi connectivity index (χ3n) is 5.64. The van der Waals surface area contributed by atoms with E-state index in [2.05, 4.69) is 0 Å². The summed E-state index contributed by atoms with van der Waals surface area (Å²) in [7, 11) is 0. The van der Waals surface area contributed by atoms with Gasteiger partial charge in [-0.2, -0.15) is 13.2 Å². The van der Waals surface area contributed by atoms with Crippen molar-refractivity contribution in [3.8, 4) is 0 Å². The first-order valence-corrected chi connectivity index (χ1v) is 10.3. The molecule has 1 heterocycles. The molecule has 7 nitrogen and oxygen atoms in total. The fourth-order valence-electron chi connectivity index (χ4n) is 3.89. The molecule has 1 amide bonds. The third-order valence-corrected chi connectivity index (χ3v) is 5.64. The number of alkyl halides is 3. The smallest absolute Gasteiger partial charge is 0.416 e. The summed E-state index contributed by atoms with van der Waals surface area (Å²) < 4.78 is 40.0. The molecule has 1 atom stereocenters. The Kier molecular flexibility index (Phi) is 5.89. The molecule has 3 aromatic carbocycles. The minimum Gasteiger partial charge on any atom is -0.507 e. The van der Waals surface area contributed by atoms with E-state index in [9.17, 15) is 38.0 Å². The molecule has 0 saturated carbocycles. The number of amides is 1. The van der Waals surface area contributed by atoms with E-state index < -0.39 is 40.2 Å². The Morgan fingerprint density at radius 1 is 1.00 bits per heavy atom. The third kappa shape index (κ3) is 4.37. The minimum absolute atomic E-state index is 0.195. The number of hydrogen-bond acceptors (Lipinski definition) is 5. The highest BCUT2D eigenvalue weighted by Crippen LogP contribution is 2.43. The number of aryl methyl sites for hydroxylation is 1. The topological polar surface area (TPSA) is 101 Å². The molecule has 0 aliphatic carbocycles. The molecule has 10 heteroatoms. The van der Waals surface area contributed by atoms with Gasteiger partial charge in [0.1, 0.15) is 5.76 Å². The first-order valence-electron chi connectivity index (χ1n) is 10.3. The number of Topliss-reactive ketones (excluding diaryl/α,β-unsaturated/α-hetero) is 1. The Morgan fingerprint density at radius 3 is 2.20 bits per heavy atom. The van der Waals surface area contributed by atoms with Gasteiger partial charge in [-0.1, -0.05) is 35.9 Å². The summed E-state index contributed by atoms with van der Waals surface area (Å²) in [5.74, 6) is -2.74. The van der Waals surface area contributed by atoms with Crippen LogP contribution in [0, 0.1) is 17.0 Å². The SMILES string of the molecule is Cc1ccc(/C(O)=C2\C(=O)C(=O)N(c3cccc(C(F)(F)F)c3)C2c2ccc([N+](=O)[O-])cc2)cc1. The lowest BCUT2D eigenvalue weighted by Crippen LogP contribution is -2.29. The second-order valence-electron chi connectivity index (χ2n) is 7.93. The van der Waals surface area contributed by atoms with Crippen molar-refractivity contribution in [1.82, 2.24) is 0 Å². The van der Waals surface area contributed by atoms with Crippen LogP contribution in [-0.4, -0.2) is 21.7 Å². The van der Waals surface area contributed by atoms with Gasteiger partial charge < -0.3 is 5.11 Å². The second kappa shape index (κ2) is 8.71. The van der Waals surface area contributed by atoms with E-state index in [0.29, 0.717) is 0 Å². The van der Waals surface area contributed by atoms with Crippen LogP contribution in [0.25, 0.3) is 5.76 Å². The normalized spacial score (nSPS) is 17.6. The van der Waals surface area contributed by atoms with Crippen molar-refractivity contribution in [2.24, 2.45) is 0 Å². The number of benzene rings is 3. The fourth-order valence-corrected chi connectivity index (χ4v) is 3.89. The maximum absolute atomic E-state index is 13.3. The van der Waals surface area contributed by atoms with Crippen molar-refractivity contribution >= 4 is 28.8 Å². The van der Waals surface area contributed by atoms with Crippen LogP contribution in [0.1, 0.15) is 28.3 Å². The van der Waals surface area contributed by atoms with Gasteiger partial charge in [-0.15, -0.1) is 0 Å². The van der Waals surface area contributed by atoms with E-state index in [1.807, 2.05) is 6.92 Å². The highest BCUT2D eigenvalue weighted by molar-refractivity contribution is 6.51. The summed E-state index contributed by atoms with van der Waals surface area (Å²) in [5, 5.41) is 22.1. The number of nitro groups is 1. The van der Waals surface area contributed by atoms with Crippen molar-refractivity contribution in [3.05, 3.63) is 111 Å². The van der Waals surface area contributed by atoms with Crippen LogP contribution < -0.4 is 4.90 Å². The molecule has 1 aliphatic heterocycles. The highest BCUT2D eigenvalue weighted by Gasteiger charge is 2.47. The van der Waals surface area contributed by atoms with Crippen molar-refractivity contribution in [1.29, 1.82) is 0 Å². The van der Waals surface area contributed by atoms with Gasteiger partial charge in [0, 0.05) is 23.4 Å². The number of hydrogen-bond donors (Lipinski definition) is 1. The summed E-state index contributed by atoms with van der Waals surface area (Å²) in [5.41, 5.74) is -0.553. The summed E-state index contributed by atoms with van der Waals surface area (Å²) in [6.07, 6.45) is -4.70. The van der Waals surface area contributed by atoms with Gasteiger partial charge in [0.05, 0.1) is 22.1 Å². The lowest BCUT2D eigenvalue weighted by molar-refractivity contribution is -0.384. The number of nitrogens with zero attached hydrogens (tertiary/aromatic N) is 2. The van der Waals surface area contributed by atoms with Crippen LogP contribution in [0.5, 0.6) is 0 Å². The van der Waals surface area contributed by atoms with Crippen molar-refractivity contribution in [2.45, 2.75) is 19.1 Å². The second-order valence-corrected chi connectivity index (χ2v) is 7.93. The van der Waals surface area contributed by atoms with Crippen LogP contribution in [0.2, 0.25) is 0 Å². The minimum atomic E-state index is -4.70. The number of nitro benzene ring substituents is 1. The maximum Gasteiger partial charge on any atom is 0.416 e. The Labute approximate surface area is 196 Å². The molecule has 4 rings (SSSR count). The molecular formula is C25H17F3N2O5. The van der Waals surface area contributed by atoms with Gasteiger partial charge in [-0.05, 0) is 42.8 Å². The average molecular weight is 482 g/mol. The predicted molar refractivity (Wildman–Crippen MR) is 121 cm³/mol. The zero-order valence-corrected chi connectivity index (χ0v) is 18.1. The quantitative estimate of drug-likeness (QED) is 0.173. The molecular weight excluding hydrogens is 465 g/mol. The largest absolute Gasteiger partial charge is 0.507 e. The van der Waals surface area contributed by atoms with Gasteiger partial charge in [0.15, 0.2) is 0 Å². The van der Waals surface area contributed by atoms with E-state index in [4.69, 9.17) is 0 Å². The number of carbonyl (C=O) groups excluding carboxylic acids is 2. The Hall–Kier alpha value is -4.47. The zero-order valence-electron chi connectivity index (χ0n) is 18.1. The Balaban J connectivity index is 1.94. The number of aliphatic hydroxyl groups is 1. The van der Waals surface area contributed by atoms with Gasteiger partial charge in [0.2, 0.25) is 0 Å². The van der Waals surface area contributed by atoms with Crippen LogP contribution in [0.15, 0.2) is 78.4 Å². The van der Waals surface area contributed by atoms with Crippen LogP contribution in [-0.2, 0) is 15.8 Å². The molecule has 1 saturated heterocycles. The standard InChI is InChI=1S/C25H17F3N2O5/c1-14-5-7-16(8-6-14)22(31)20-21(15-9-11-18(12-10-15)30(34)35)29(24(33)23(20)32)19-4-2-3-17(13-19)25(26,27)28/h2-13,21,31H,1H3/b22-20+. The number of ketones is 1. The molecule has 0 spiro atoms. The van der Waals surface area contributed by atoms with E-state index >= 15 is 0 Å². The number of carbonyl (C=O) groups is 2. The average Bonchev–Trinajstić information content (AvgIpc) is 3.09. The molecule has 178 valence electrons. The van der Waals surface area contributed by atoms with Crippen LogP contribution in [0.3, 0.4) is 0 Å². The van der Waals surface area contributed by atoms with E-state index in [0.717, 1.165) is 40.8 Å². The molecule has 1 fully saturated rings. The Morgan fingerprint density at radius 2 is 1.63 bits per heavy atom. The van der Waals surface area contributed by atoms with Gasteiger partial charge >= 0.3 is 6.18 Å². The number of non-ortho nitro benzene ring substituents is 1. The first kappa shape index (κ1) is 23.7. The van der Waals surface area contributed by atoms with E-state index in [-0.39, 0.29) is 28.1 Å². The molecule has 3 aromatic rings. The monoisotopic (exact) mass is 482 g/mol. The lowest BCUT2D eigenvalue weighted by Gasteiger charge is -2.26. The molecule has 0 aromatic heterocycles. The van der Waals surface area contributed by atoms with E-state index in [1.165, 1.54) is 30.3 Å². The summed E-state index contributed by atoms with van der Waals surface area (Å²) >= 11 is 0. The van der Waals surface area contributed by atoms with Crippen molar-refractivity contribution in [3.63, 3.8) is 0 Å². The van der Waals surface area contributed by atoms with Gasteiger partial charge in [-0.25, -0.2) is 0 Å². The van der Waals surface area contributed by atoms with Gasteiger partial charge in [-0.3, -0.25) is 24.6 Å². The molecule has 0 bridgehead atoms. The van der Waals surface area contributed by atoms with Crippen molar-refractivity contribution < 1.29 is 32.8 Å². The lowest BCUT2D eigenvalue weighted by atomic mass is 9.94. The molecule has 0 radical (unpaired) electrons. The van der Waals surface area contributed by atoms with Crippen LogP contribution in [0.4, 0.5) is 24.5 Å². The van der Waals surface area contributed by atoms with Crippen molar-refractivity contribution in [2.75, 3.05) is 4.90 Å². The van der Waals surface area contributed by atoms with Gasteiger partial charge in [0.25, 0.3) is 17.4 Å². The highest BCUT2D eigenvalue weighted by atomic mass is 19.4. The molecule has 1 unspecified atom stereocenters. The van der Waals surface area contributed by atoms with Crippen LogP contribution >= 0.6 is 0 Å². The summed E-state index contributed by atoms with van der Waals surface area (Å²) in [6, 6.07) is 13.9. The molecule has 35 heavy (non-hydrogen) atoms. The number of halogens is 3.